The van der Waals surface area contributed by atoms with Gasteiger partial charge in [-0.05, 0) is 75.9 Å². The Bertz CT molecular complexity index is 814. The maximum absolute atomic E-state index is 13.3. The fourth-order valence-corrected chi connectivity index (χ4v) is 3.94. The number of para-hydroxylation sites is 1. The number of fused-ring (bicyclic) bond motifs is 1. The number of aryl methyl sites for hydroxylation is 1. The number of nitrogens with zero attached hydrogens (tertiary/aromatic N) is 2. The molecule has 0 spiro atoms. The van der Waals surface area contributed by atoms with Crippen LogP contribution in [-0.4, -0.2) is 37.6 Å². The van der Waals surface area contributed by atoms with E-state index in [9.17, 15) is 9.18 Å². The van der Waals surface area contributed by atoms with Gasteiger partial charge in [0, 0.05) is 36.5 Å². The first kappa shape index (κ1) is 21.2. The molecule has 0 saturated heterocycles. The summed E-state index contributed by atoms with van der Waals surface area (Å²) < 4.78 is 13.3. The SMILES string of the molecule is CC(C)(C)N(CCNC(=O)CN1CCCCc2ccccc21)c1ccc(F)cc1. The van der Waals surface area contributed by atoms with Gasteiger partial charge < -0.3 is 15.1 Å². The number of anilines is 2. The van der Waals surface area contributed by atoms with E-state index in [0.717, 1.165) is 31.5 Å². The highest BCUT2D eigenvalue weighted by Gasteiger charge is 2.22. The number of halogens is 1. The van der Waals surface area contributed by atoms with Crippen molar-refractivity contribution < 1.29 is 9.18 Å². The van der Waals surface area contributed by atoms with Crippen molar-refractivity contribution in [3.63, 3.8) is 0 Å². The van der Waals surface area contributed by atoms with Gasteiger partial charge in [-0.2, -0.15) is 0 Å². The van der Waals surface area contributed by atoms with Gasteiger partial charge in [0.1, 0.15) is 5.82 Å². The van der Waals surface area contributed by atoms with Gasteiger partial charge in [-0.25, -0.2) is 4.39 Å². The van der Waals surface area contributed by atoms with Crippen molar-refractivity contribution in [1.82, 2.24) is 5.32 Å². The lowest BCUT2D eigenvalue weighted by Crippen LogP contribution is -2.47. The van der Waals surface area contributed by atoms with Crippen LogP contribution in [0.5, 0.6) is 0 Å². The smallest absolute Gasteiger partial charge is 0.239 e. The van der Waals surface area contributed by atoms with E-state index in [1.165, 1.54) is 23.4 Å². The normalized spacial score (nSPS) is 14.1. The number of benzene rings is 2. The first-order valence-corrected chi connectivity index (χ1v) is 10.5. The van der Waals surface area contributed by atoms with Crippen molar-refractivity contribution in [1.29, 1.82) is 0 Å². The van der Waals surface area contributed by atoms with Crippen LogP contribution in [0.1, 0.15) is 39.2 Å². The number of nitrogens with one attached hydrogen (secondary N) is 1. The van der Waals surface area contributed by atoms with Crippen LogP contribution < -0.4 is 15.1 Å². The molecule has 5 heteroatoms. The van der Waals surface area contributed by atoms with Crippen LogP contribution in [0.15, 0.2) is 48.5 Å². The van der Waals surface area contributed by atoms with E-state index in [1.54, 1.807) is 12.1 Å². The highest BCUT2D eigenvalue weighted by molar-refractivity contribution is 5.81. The quantitative estimate of drug-likeness (QED) is 0.785. The molecule has 1 heterocycles. The van der Waals surface area contributed by atoms with Crippen molar-refractivity contribution in [3.05, 3.63) is 59.9 Å². The Morgan fingerprint density at radius 3 is 2.55 bits per heavy atom. The molecule has 0 saturated carbocycles. The number of carbonyl (C=O) groups excluding carboxylic acids is 1. The van der Waals surface area contributed by atoms with E-state index in [1.807, 2.05) is 6.07 Å². The van der Waals surface area contributed by atoms with Gasteiger partial charge in [-0.3, -0.25) is 4.79 Å². The summed E-state index contributed by atoms with van der Waals surface area (Å²) in [5.41, 5.74) is 3.33. The molecule has 1 amide bonds. The Morgan fingerprint density at radius 2 is 1.83 bits per heavy atom. The lowest BCUT2D eigenvalue weighted by atomic mass is 10.0. The first-order chi connectivity index (χ1) is 13.8. The van der Waals surface area contributed by atoms with E-state index < -0.39 is 0 Å². The van der Waals surface area contributed by atoms with Crippen LogP contribution >= 0.6 is 0 Å². The standard InChI is InChI=1S/C24H32FN3O/c1-24(2,3)28(21-13-11-20(25)12-14-21)17-15-26-23(29)18-27-16-7-6-9-19-8-4-5-10-22(19)27/h4-5,8,10-14H,6-7,9,15-18H2,1-3H3,(H,26,29). The summed E-state index contributed by atoms with van der Waals surface area (Å²) in [6.07, 6.45) is 3.34. The van der Waals surface area contributed by atoms with E-state index in [2.05, 4.69) is 54.1 Å². The minimum absolute atomic E-state index is 0.0367. The summed E-state index contributed by atoms with van der Waals surface area (Å²) in [4.78, 5) is 17.0. The van der Waals surface area contributed by atoms with Gasteiger partial charge in [-0.15, -0.1) is 0 Å². The first-order valence-electron chi connectivity index (χ1n) is 10.5. The molecule has 1 aliphatic heterocycles. The predicted octanol–water partition coefficient (Wildman–Crippen LogP) is 4.39. The number of amides is 1. The van der Waals surface area contributed by atoms with Gasteiger partial charge in [0.25, 0.3) is 0 Å². The molecule has 4 nitrogen and oxygen atoms in total. The van der Waals surface area contributed by atoms with Crippen molar-refractivity contribution in [2.45, 2.75) is 45.6 Å². The van der Waals surface area contributed by atoms with Crippen LogP contribution in [0.4, 0.5) is 15.8 Å². The third kappa shape index (κ3) is 5.72. The number of hydrogen-bond acceptors (Lipinski definition) is 3. The second kappa shape index (κ2) is 9.29. The van der Waals surface area contributed by atoms with Gasteiger partial charge in [-0.1, -0.05) is 18.2 Å². The lowest BCUT2D eigenvalue weighted by molar-refractivity contribution is -0.119. The third-order valence-corrected chi connectivity index (χ3v) is 5.40. The zero-order valence-electron chi connectivity index (χ0n) is 17.7. The number of rotatable bonds is 6. The molecule has 0 aliphatic carbocycles. The Kier molecular flexibility index (Phi) is 6.78. The average molecular weight is 398 g/mol. The maximum Gasteiger partial charge on any atom is 0.239 e. The summed E-state index contributed by atoms with van der Waals surface area (Å²) in [6, 6.07) is 14.9. The lowest BCUT2D eigenvalue weighted by Gasteiger charge is -2.38. The largest absolute Gasteiger partial charge is 0.365 e. The summed E-state index contributed by atoms with van der Waals surface area (Å²) in [5.74, 6) is -0.205. The molecule has 2 aromatic rings. The summed E-state index contributed by atoms with van der Waals surface area (Å²) >= 11 is 0. The third-order valence-electron chi connectivity index (χ3n) is 5.40. The molecule has 29 heavy (non-hydrogen) atoms. The summed E-state index contributed by atoms with van der Waals surface area (Å²) in [6.45, 7) is 8.85. The van der Waals surface area contributed by atoms with Gasteiger partial charge in [0.15, 0.2) is 0 Å². The Labute approximate surface area is 173 Å². The molecular formula is C24H32FN3O. The van der Waals surface area contributed by atoms with E-state index in [4.69, 9.17) is 0 Å². The van der Waals surface area contributed by atoms with E-state index in [0.29, 0.717) is 19.6 Å². The topological polar surface area (TPSA) is 35.6 Å². The van der Waals surface area contributed by atoms with Crippen LogP contribution in [0.25, 0.3) is 0 Å². The number of hydrogen-bond donors (Lipinski definition) is 1. The molecule has 0 radical (unpaired) electrons. The monoisotopic (exact) mass is 397 g/mol. The summed E-state index contributed by atoms with van der Waals surface area (Å²) in [5, 5.41) is 3.07. The minimum atomic E-state index is -0.242. The second-order valence-electron chi connectivity index (χ2n) is 8.66. The van der Waals surface area contributed by atoms with Crippen molar-refractivity contribution in [2.75, 3.05) is 36.0 Å². The molecule has 0 unspecified atom stereocenters. The molecule has 0 bridgehead atoms. The Hall–Kier alpha value is -2.56. The second-order valence-corrected chi connectivity index (χ2v) is 8.66. The predicted molar refractivity (Wildman–Crippen MR) is 118 cm³/mol. The highest BCUT2D eigenvalue weighted by atomic mass is 19.1. The Balaban J connectivity index is 1.58. The van der Waals surface area contributed by atoms with E-state index in [-0.39, 0.29) is 17.3 Å². The Morgan fingerprint density at radius 1 is 1.10 bits per heavy atom. The molecule has 1 aliphatic rings. The molecular weight excluding hydrogens is 365 g/mol. The van der Waals surface area contributed by atoms with Crippen molar-refractivity contribution in [2.24, 2.45) is 0 Å². The van der Waals surface area contributed by atoms with Gasteiger partial charge in [0.2, 0.25) is 5.91 Å². The molecule has 0 atom stereocenters. The van der Waals surface area contributed by atoms with Crippen LogP contribution in [0.3, 0.4) is 0 Å². The van der Waals surface area contributed by atoms with E-state index >= 15 is 0 Å². The zero-order chi connectivity index (χ0) is 20.9. The van der Waals surface area contributed by atoms with Crippen LogP contribution in [0, 0.1) is 5.82 Å². The van der Waals surface area contributed by atoms with Crippen molar-refractivity contribution >= 4 is 17.3 Å². The van der Waals surface area contributed by atoms with Crippen molar-refractivity contribution in [3.8, 4) is 0 Å². The summed E-state index contributed by atoms with van der Waals surface area (Å²) in [7, 11) is 0. The molecule has 0 fully saturated rings. The zero-order valence-corrected chi connectivity index (χ0v) is 17.7. The maximum atomic E-state index is 13.3. The molecule has 3 rings (SSSR count). The van der Waals surface area contributed by atoms with Crippen LogP contribution in [0.2, 0.25) is 0 Å². The van der Waals surface area contributed by atoms with Gasteiger partial charge >= 0.3 is 0 Å². The molecule has 1 N–H and O–H groups in total. The highest BCUT2D eigenvalue weighted by Crippen LogP contribution is 2.26. The minimum Gasteiger partial charge on any atom is -0.365 e. The molecule has 0 aromatic heterocycles. The average Bonchev–Trinajstić information content (AvgIpc) is 2.88. The fourth-order valence-electron chi connectivity index (χ4n) is 3.94. The fraction of sp³-hybridized carbons (Fsp3) is 0.458. The molecule has 156 valence electrons. The van der Waals surface area contributed by atoms with Crippen LogP contribution in [-0.2, 0) is 11.2 Å². The number of carbonyl (C=O) groups is 1. The van der Waals surface area contributed by atoms with Gasteiger partial charge in [0.05, 0.1) is 6.54 Å². The molecule has 2 aromatic carbocycles.